The SMILES string of the molecule is CCCN1C(=O)CNC1c1ccc(SC)cc1. The minimum absolute atomic E-state index is 0.0540. The lowest BCUT2D eigenvalue weighted by molar-refractivity contribution is -0.128. The summed E-state index contributed by atoms with van der Waals surface area (Å²) in [5.74, 6) is 0.200. The smallest absolute Gasteiger partial charge is 0.238 e. The van der Waals surface area contributed by atoms with Gasteiger partial charge in [-0.15, -0.1) is 11.8 Å². The molecule has 1 atom stereocenters. The molecule has 1 unspecified atom stereocenters. The van der Waals surface area contributed by atoms with Crippen molar-refractivity contribution in [1.29, 1.82) is 0 Å². The van der Waals surface area contributed by atoms with Crippen LogP contribution in [0.2, 0.25) is 0 Å². The summed E-state index contributed by atoms with van der Waals surface area (Å²) in [7, 11) is 0. The van der Waals surface area contributed by atoms with Gasteiger partial charge in [-0.3, -0.25) is 10.1 Å². The summed E-state index contributed by atoms with van der Waals surface area (Å²) in [6, 6.07) is 8.42. The fraction of sp³-hybridized carbons (Fsp3) is 0.462. The summed E-state index contributed by atoms with van der Waals surface area (Å²) >= 11 is 1.73. The number of carbonyl (C=O) groups excluding carboxylic acids is 1. The summed E-state index contributed by atoms with van der Waals surface area (Å²) < 4.78 is 0. The van der Waals surface area contributed by atoms with Gasteiger partial charge in [-0.2, -0.15) is 0 Å². The molecule has 0 aromatic heterocycles. The predicted molar refractivity (Wildman–Crippen MR) is 71.0 cm³/mol. The molecule has 1 fully saturated rings. The van der Waals surface area contributed by atoms with Crippen LogP contribution in [-0.4, -0.2) is 30.2 Å². The van der Waals surface area contributed by atoms with Crippen molar-refractivity contribution >= 4 is 17.7 Å². The number of nitrogens with zero attached hydrogens (tertiary/aromatic N) is 1. The van der Waals surface area contributed by atoms with Gasteiger partial charge >= 0.3 is 0 Å². The van der Waals surface area contributed by atoms with Gasteiger partial charge in [0, 0.05) is 11.4 Å². The highest BCUT2D eigenvalue weighted by Crippen LogP contribution is 2.24. The third-order valence-corrected chi connectivity index (χ3v) is 3.72. The van der Waals surface area contributed by atoms with Crippen LogP contribution in [0.15, 0.2) is 29.2 Å². The van der Waals surface area contributed by atoms with E-state index in [1.54, 1.807) is 11.8 Å². The molecule has 2 rings (SSSR count). The second kappa shape index (κ2) is 5.56. The zero-order valence-corrected chi connectivity index (χ0v) is 11.1. The maximum atomic E-state index is 11.7. The molecule has 92 valence electrons. The Kier molecular flexibility index (Phi) is 4.07. The van der Waals surface area contributed by atoms with E-state index >= 15 is 0 Å². The Morgan fingerprint density at radius 3 is 2.71 bits per heavy atom. The second-order valence-corrected chi connectivity index (χ2v) is 5.02. The van der Waals surface area contributed by atoms with E-state index in [1.807, 2.05) is 4.90 Å². The van der Waals surface area contributed by atoms with Crippen molar-refractivity contribution in [3.63, 3.8) is 0 Å². The topological polar surface area (TPSA) is 32.3 Å². The van der Waals surface area contributed by atoms with E-state index in [4.69, 9.17) is 0 Å². The molecule has 1 aromatic rings. The lowest BCUT2D eigenvalue weighted by Crippen LogP contribution is -2.30. The molecule has 4 heteroatoms. The molecule has 3 nitrogen and oxygen atoms in total. The minimum atomic E-state index is 0.0540. The van der Waals surface area contributed by atoms with Crippen LogP contribution in [0.25, 0.3) is 0 Å². The Balaban J connectivity index is 2.17. The average molecular weight is 250 g/mol. The molecule has 1 aliphatic heterocycles. The van der Waals surface area contributed by atoms with Crippen LogP contribution in [-0.2, 0) is 4.79 Å². The lowest BCUT2D eigenvalue weighted by atomic mass is 10.1. The largest absolute Gasteiger partial charge is 0.322 e. The first-order chi connectivity index (χ1) is 8.26. The Hall–Kier alpha value is -1.00. The van der Waals surface area contributed by atoms with Gasteiger partial charge in [0.1, 0.15) is 6.17 Å². The summed E-state index contributed by atoms with van der Waals surface area (Å²) in [4.78, 5) is 14.9. The van der Waals surface area contributed by atoms with E-state index < -0.39 is 0 Å². The molecular formula is C13H18N2OS. The van der Waals surface area contributed by atoms with Crippen LogP contribution in [0.1, 0.15) is 25.1 Å². The van der Waals surface area contributed by atoms with Gasteiger partial charge in [0.2, 0.25) is 5.91 Å². The third-order valence-electron chi connectivity index (χ3n) is 2.97. The van der Waals surface area contributed by atoms with Crippen molar-refractivity contribution in [2.24, 2.45) is 0 Å². The molecule has 17 heavy (non-hydrogen) atoms. The van der Waals surface area contributed by atoms with E-state index in [0.717, 1.165) is 13.0 Å². The van der Waals surface area contributed by atoms with Gasteiger partial charge < -0.3 is 4.90 Å². The summed E-state index contributed by atoms with van der Waals surface area (Å²) in [6.45, 7) is 3.37. The van der Waals surface area contributed by atoms with E-state index in [0.29, 0.717) is 6.54 Å². The second-order valence-electron chi connectivity index (χ2n) is 4.14. The normalized spacial score (nSPS) is 20.0. The van der Waals surface area contributed by atoms with E-state index in [-0.39, 0.29) is 12.1 Å². The Morgan fingerprint density at radius 2 is 2.12 bits per heavy atom. The quantitative estimate of drug-likeness (QED) is 0.832. The first kappa shape index (κ1) is 12.5. The molecular weight excluding hydrogens is 232 g/mol. The average Bonchev–Trinajstić information content (AvgIpc) is 2.72. The number of hydrogen-bond acceptors (Lipinski definition) is 3. The van der Waals surface area contributed by atoms with Gasteiger partial charge in [-0.25, -0.2) is 0 Å². The van der Waals surface area contributed by atoms with Crippen molar-refractivity contribution in [1.82, 2.24) is 10.2 Å². The zero-order chi connectivity index (χ0) is 12.3. The van der Waals surface area contributed by atoms with Gasteiger partial charge in [0.15, 0.2) is 0 Å². The highest BCUT2D eigenvalue weighted by molar-refractivity contribution is 7.98. The van der Waals surface area contributed by atoms with Crippen molar-refractivity contribution < 1.29 is 4.79 Å². The van der Waals surface area contributed by atoms with Crippen LogP contribution >= 0.6 is 11.8 Å². The van der Waals surface area contributed by atoms with Gasteiger partial charge in [-0.05, 0) is 30.4 Å². The first-order valence-electron chi connectivity index (χ1n) is 5.93. The highest BCUT2D eigenvalue weighted by Gasteiger charge is 2.30. The third kappa shape index (κ3) is 2.64. The number of nitrogens with one attached hydrogen (secondary N) is 1. The van der Waals surface area contributed by atoms with Gasteiger partial charge in [0.25, 0.3) is 0 Å². The molecule has 0 radical (unpaired) electrons. The maximum absolute atomic E-state index is 11.7. The van der Waals surface area contributed by atoms with Crippen molar-refractivity contribution in [3.8, 4) is 0 Å². The Morgan fingerprint density at radius 1 is 1.41 bits per heavy atom. The van der Waals surface area contributed by atoms with E-state index in [2.05, 4.69) is 42.8 Å². The lowest BCUT2D eigenvalue weighted by Gasteiger charge is -2.24. The minimum Gasteiger partial charge on any atom is -0.322 e. The molecule has 1 heterocycles. The molecule has 1 aromatic carbocycles. The summed E-state index contributed by atoms with van der Waals surface area (Å²) in [6.07, 6.45) is 3.11. The Labute approximate surface area is 107 Å². The van der Waals surface area contributed by atoms with Crippen LogP contribution in [0.4, 0.5) is 0 Å². The summed E-state index contributed by atoms with van der Waals surface area (Å²) in [5.41, 5.74) is 1.17. The molecule has 1 amide bonds. The summed E-state index contributed by atoms with van der Waals surface area (Å²) in [5, 5.41) is 3.26. The number of carbonyl (C=O) groups is 1. The predicted octanol–water partition coefficient (Wildman–Crippen LogP) is 2.25. The fourth-order valence-corrected chi connectivity index (χ4v) is 2.53. The first-order valence-corrected chi connectivity index (χ1v) is 7.15. The van der Waals surface area contributed by atoms with E-state index in [1.165, 1.54) is 10.5 Å². The van der Waals surface area contributed by atoms with Crippen LogP contribution < -0.4 is 5.32 Å². The highest BCUT2D eigenvalue weighted by atomic mass is 32.2. The number of hydrogen-bond donors (Lipinski definition) is 1. The molecule has 1 N–H and O–H groups in total. The maximum Gasteiger partial charge on any atom is 0.238 e. The van der Waals surface area contributed by atoms with Crippen molar-refractivity contribution in [2.75, 3.05) is 19.3 Å². The van der Waals surface area contributed by atoms with Crippen LogP contribution in [0.3, 0.4) is 0 Å². The molecule has 0 bridgehead atoms. The fourth-order valence-electron chi connectivity index (χ4n) is 2.12. The number of thioether (sulfide) groups is 1. The monoisotopic (exact) mass is 250 g/mol. The van der Waals surface area contributed by atoms with Gasteiger partial charge in [0.05, 0.1) is 6.54 Å². The molecule has 0 aliphatic carbocycles. The standard InChI is InChI=1S/C13H18N2OS/c1-3-8-15-12(16)9-14-13(15)10-4-6-11(17-2)7-5-10/h4-7,13-14H,3,8-9H2,1-2H3. The molecule has 1 saturated heterocycles. The zero-order valence-electron chi connectivity index (χ0n) is 10.3. The van der Waals surface area contributed by atoms with Crippen molar-refractivity contribution in [2.45, 2.75) is 24.4 Å². The number of benzene rings is 1. The Bertz CT molecular complexity index is 391. The van der Waals surface area contributed by atoms with Crippen LogP contribution in [0, 0.1) is 0 Å². The van der Waals surface area contributed by atoms with E-state index in [9.17, 15) is 4.79 Å². The molecule has 0 saturated carbocycles. The molecule has 0 spiro atoms. The molecule has 1 aliphatic rings. The number of rotatable bonds is 4. The number of amides is 1. The van der Waals surface area contributed by atoms with Crippen LogP contribution in [0.5, 0.6) is 0 Å². The van der Waals surface area contributed by atoms with Gasteiger partial charge in [-0.1, -0.05) is 19.1 Å². The van der Waals surface area contributed by atoms with Crippen molar-refractivity contribution in [3.05, 3.63) is 29.8 Å².